The van der Waals surface area contributed by atoms with E-state index < -0.39 is 29.9 Å². The second kappa shape index (κ2) is 9.20. The molecule has 0 aliphatic heterocycles. The molecule has 0 aliphatic carbocycles. The van der Waals surface area contributed by atoms with Crippen molar-refractivity contribution < 1.29 is 29.0 Å². The van der Waals surface area contributed by atoms with Crippen LogP contribution in [-0.4, -0.2) is 53.1 Å². The average Bonchev–Trinajstić information content (AvgIpc) is 2.27. The van der Waals surface area contributed by atoms with Crippen LogP contribution in [-0.2, 0) is 19.1 Å². The molecule has 0 aromatic rings. The minimum Gasteiger partial charge on any atom is -0.480 e. The number of carbonyl (C=O) groups is 4. The fourth-order valence-electron chi connectivity index (χ4n) is 1.01. The van der Waals surface area contributed by atoms with Crippen LogP contribution in [0.15, 0.2) is 0 Å². The highest BCUT2D eigenvalue weighted by atomic mass is 32.2. The number of rotatable bonds is 7. The van der Waals surface area contributed by atoms with Crippen molar-refractivity contribution in [1.82, 2.24) is 10.6 Å². The van der Waals surface area contributed by atoms with Gasteiger partial charge in [-0.05, 0) is 6.92 Å². The maximum absolute atomic E-state index is 11.2. The summed E-state index contributed by atoms with van der Waals surface area (Å²) in [6.45, 7) is 2.95. The van der Waals surface area contributed by atoms with Gasteiger partial charge in [0.25, 0.3) is 0 Å². The van der Waals surface area contributed by atoms with Crippen molar-refractivity contribution in [3.8, 4) is 0 Å². The Morgan fingerprint density at radius 3 is 2.42 bits per heavy atom. The summed E-state index contributed by atoms with van der Waals surface area (Å²) >= 11 is 0.984. The van der Waals surface area contributed by atoms with E-state index in [9.17, 15) is 19.2 Å². The molecule has 0 bridgehead atoms. The third kappa shape index (κ3) is 8.89. The molecule has 0 rings (SSSR count). The third-order valence-corrected chi connectivity index (χ3v) is 2.75. The van der Waals surface area contributed by atoms with E-state index in [0.717, 1.165) is 11.8 Å². The summed E-state index contributed by atoms with van der Waals surface area (Å²) in [7, 11) is 0. The lowest BCUT2D eigenvalue weighted by molar-refractivity contribution is -0.140. The standard InChI is InChI=1S/C10H16N2O6S/c1-3-18-10(17)12-8(14)5-19-4-7(9(15)16)11-6(2)13/h7H,3-5H2,1-2H3,(H,11,13)(H,15,16)(H,12,14,17)/t7-/m0/s1. The van der Waals surface area contributed by atoms with E-state index in [1.54, 1.807) is 6.92 Å². The van der Waals surface area contributed by atoms with Crippen molar-refractivity contribution in [2.45, 2.75) is 19.9 Å². The van der Waals surface area contributed by atoms with Crippen LogP contribution in [0.1, 0.15) is 13.8 Å². The Kier molecular flexibility index (Phi) is 8.34. The Labute approximate surface area is 114 Å². The number of carboxylic acid groups (broad SMARTS) is 1. The number of imide groups is 1. The third-order valence-electron chi connectivity index (χ3n) is 1.71. The fourth-order valence-corrected chi connectivity index (χ4v) is 1.84. The summed E-state index contributed by atoms with van der Waals surface area (Å²) in [6.07, 6.45) is -0.843. The molecule has 0 aliphatic rings. The van der Waals surface area contributed by atoms with Crippen LogP contribution in [0.2, 0.25) is 0 Å². The van der Waals surface area contributed by atoms with Gasteiger partial charge in [0.15, 0.2) is 0 Å². The first kappa shape index (κ1) is 17.2. The van der Waals surface area contributed by atoms with E-state index in [4.69, 9.17) is 5.11 Å². The molecule has 108 valence electrons. The zero-order valence-corrected chi connectivity index (χ0v) is 11.4. The van der Waals surface area contributed by atoms with Gasteiger partial charge >= 0.3 is 12.1 Å². The van der Waals surface area contributed by atoms with Gasteiger partial charge in [0.2, 0.25) is 11.8 Å². The first-order chi connectivity index (χ1) is 8.86. The summed E-state index contributed by atoms with van der Waals surface area (Å²) in [6, 6.07) is -1.07. The highest BCUT2D eigenvalue weighted by Gasteiger charge is 2.19. The van der Waals surface area contributed by atoms with Gasteiger partial charge in [-0.1, -0.05) is 0 Å². The molecular weight excluding hydrogens is 276 g/mol. The number of amides is 3. The predicted octanol–water partition coefficient (Wildman–Crippen LogP) is -0.418. The second-order valence-corrected chi connectivity index (χ2v) is 4.41. The van der Waals surface area contributed by atoms with Gasteiger partial charge in [0.05, 0.1) is 12.4 Å². The smallest absolute Gasteiger partial charge is 0.413 e. The van der Waals surface area contributed by atoms with Crippen molar-refractivity contribution in [2.75, 3.05) is 18.1 Å². The molecule has 0 aromatic carbocycles. The van der Waals surface area contributed by atoms with Gasteiger partial charge < -0.3 is 15.2 Å². The summed E-state index contributed by atoms with van der Waals surface area (Å²) in [5.41, 5.74) is 0. The van der Waals surface area contributed by atoms with Crippen molar-refractivity contribution in [2.24, 2.45) is 0 Å². The average molecular weight is 292 g/mol. The molecule has 0 heterocycles. The highest BCUT2D eigenvalue weighted by molar-refractivity contribution is 8.00. The molecular formula is C10H16N2O6S. The summed E-state index contributed by atoms with van der Waals surface area (Å²) < 4.78 is 4.50. The number of ether oxygens (including phenoxy) is 1. The minimum absolute atomic E-state index is 0.0190. The number of carboxylic acids is 1. The first-order valence-electron chi connectivity index (χ1n) is 5.41. The minimum atomic E-state index is -1.19. The Balaban J connectivity index is 3.98. The van der Waals surface area contributed by atoms with Crippen LogP contribution in [0.4, 0.5) is 4.79 Å². The molecule has 0 aromatic heterocycles. The number of hydrogen-bond donors (Lipinski definition) is 3. The zero-order chi connectivity index (χ0) is 14.8. The maximum atomic E-state index is 11.2. The number of thioether (sulfide) groups is 1. The van der Waals surface area contributed by atoms with Gasteiger partial charge in [-0.25, -0.2) is 9.59 Å². The number of carbonyl (C=O) groups excluding carboxylic acids is 3. The van der Waals surface area contributed by atoms with E-state index >= 15 is 0 Å². The topological polar surface area (TPSA) is 122 Å². The molecule has 0 fully saturated rings. The van der Waals surface area contributed by atoms with Crippen LogP contribution in [0.25, 0.3) is 0 Å². The van der Waals surface area contributed by atoms with Crippen LogP contribution in [0.5, 0.6) is 0 Å². The van der Waals surface area contributed by atoms with E-state index in [1.807, 2.05) is 5.32 Å². The highest BCUT2D eigenvalue weighted by Crippen LogP contribution is 2.03. The zero-order valence-electron chi connectivity index (χ0n) is 10.6. The molecule has 0 saturated heterocycles. The van der Waals surface area contributed by atoms with Gasteiger partial charge in [-0.15, -0.1) is 11.8 Å². The molecule has 19 heavy (non-hydrogen) atoms. The van der Waals surface area contributed by atoms with E-state index in [-0.39, 0.29) is 18.1 Å². The molecule has 9 heteroatoms. The van der Waals surface area contributed by atoms with E-state index in [0.29, 0.717) is 0 Å². The monoisotopic (exact) mass is 292 g/mol. The lowest BCUT2D eigenvalue weighted by Crippen LogP contribution is -2.42. The molecule has 0 unspecified atom stereocenters. The molecule has 3 amide bonds. The van der Waals surface area contributed by atoms with Crippen molar-refractivity contribution in [3.05, 3.63) is 0 Å². The number of alkyl carbamates (subject to hydrolysis) is 1. The van der Waals surface area contributed by atoms with Gasteiger partial charge in [-0.2, -0.15) is 0 Å². The van der Waals surface area contributed by atoms with Crippen LogP contribution < -0.4 is 10.6 Å². The summed E-state index contributed by atoms with van der Waals surface area (Å²) in [4.78, 5) is 43.6. The van der Waals surface area contributed by atoms with Crippen molar-refractivity contribution in [3.63, 3.8) is 0 Å². The Morgan fingerprint density at radius 1 is 1.32 bits per heavy atom. The Bertz CT molecular complexity index is 360. The number of hydrogen-bond acceptors (Lipinski definition) is 6. The van der Waals surface area contributed by atoms with E-state index in [2.05, 4.69) is 10.1 Å². The van der Waals surface area contributed by atoms with Crippen molar-refractivity contribution >= 4 is 35.6 Å². The summed E-state index contributed by atoms with van der Waals surface area (Å²) in [5.74, 6) is -2.33. The summed E-state index contributed by atoms with van der Waals surface area (Å²) in [5, 5.41) is 13.0. The fraction of sp³-hybridized carbons (Fsp3) is 0.600. The Morgan fingerprint density at radius 2 is 1.95 bits per heavy atom. The molecule has 0 spiro atoms. The second-order valence-electron chi connectivity index (χ2n) is 3.38. The quantitative estimate of drug-likeness (QED) is 0.582. The Hall–Kier alpha value is -1.77. The van der Waals surface area contributed by atoms with Gasteiger partial charge in [-0.3, -0.25) is 14.9 Å². The predicted molar refractivity (Wildman–Crippen MR) is 67.7 cm³/mol. The lowest BCUT2D eigenvalue weighted by atomic mass is 10.3. The number of aliphatic carboxylic acids is 1. The molecule has 1 atom stereocenters. The maximum Gasteiger partial charge on any atom is 0.413 e. The van der Waals surface area contributed by atoms with Crippen LogP contribution in [0, 0.1) is 0 Å². The number of nitrogens with one attached hydrogen (secondary N) is 2. The molecule has 0 radical (unpaired) electrons. The van der Waals surface area contributed by atoms with Gasteiger partial charge in [0.1, 0.15) is 6.04 Å². The SMILES string of the molecule is CCOC(=O)NC(=O)CSC[C@H](NC(C)=O)C(=O)O. The molecule has 0 saturated carbocycles. The molecule has 8 nitrogen and oxygen atoms in total. The van der Waals surface area contributed by atoms with Crippen LogP contribution in [0.3, 0.4) is 0 Å². The normalized spacial score (nSPS) is 11.3. The van der Waals surface area contributed by atoms with E-state index in [1.165, 1.54) is 6.92 Å². The van der Waals surface area contributed by atoms with Crippen molar-refractivity contribution in [1.29, 1.82) is 0 Å². The largest absolute Gasteiger partial charge is 0.480 e. The lowest BCUT2D eigenvalue weighted by Gasteiger charge is -2.12. The van der Waals surface area contributed by atoms with Gasteiger partial charge in [0, 0.05) is 12.7 Å². The van der Waals surface area contributed by atoms with Crippen LogP contribution >= 0.6 is 11.8 Å². The molecule has 3 N–H and O–H groups in total. The first-order valence-corrected chi connectivity index (χ1v) is 6.56.